The highest BCUT2D eigenvalue weighted by Crippen LogP contribution is 2.45. The molecule has 0 aliphatic carbocycles. The van der Waals surface area contributed by atoms with Gasteiger partial charge in [-0.05, 0) is 49.4 Å². The fourth-order valence-corrected chi connectivity index (χ4v) is 4.93. The predicted molar refractivity (Wildman–Crippen MR) is 109 cm³/mol. The summed E-state index contributed by atoms with van der Waals surface area (Å²) in [5.41, 5.74) is 1.19. The average molecular weight is 405 g/mol. The monoisotopic (exact) mass is 405 g/mol. The standard InChI is InChI=1S/C24H21F2N3O/c25-18-6-7-20(21(26)13-18)15-2-4-16(5-3-15)22(30)17-12-19-8-9-24(14-17,29-19)23-27-10-1-11-28-23/h1-7,10-11,13,17,19,29H,8-9,12,14H2. The number of nitrogens with one attached hydrogen (secondary N) is 1. The van der Waals surface area contributed by atoms with Gasteiger partial charge in [0.25, 0.3) is 0 Å². The Morgan fingerprint density at radius 3 is 2.57 bits per heavy atom. The molecule has 2 aliphatic heterocycles. The van der Waals surface area contributed by atoms with Crippen LogP contribution >= 0.6 is 0 Å². The lowest BCUT2D eigenvalue weighted by atomic mass is 9.79. The number of ketones is 1. The van der Waals surface area contributed by atoms with Crippen LogP contribution in [-0.2, 0) is 5.54 Å². The van der Waals surface area contributed by atoms with Gasteiger partial charge in [0.2, 0.25) is 0 Å². The third-order valence-corrected chi connectivity index (χ3v) is 6.34. The summed E-state index contributed by atoms with van der Waals surface area (Å²) in [7, 11) is 0. The molecule has 0 radical (unpaired) electrons. The fourth-order valence-electron chi connectivity index (χ4n) is 4.93. The number of hydrogen-bond donors (Lipinski definition) is 1. The molecule has 0 amide bonds. The number of nitrogens with zero attached hydrogens (tertiary/aromatic N) is 2. The lowest BCUT2D eigenvalue weighted by molar-refractivity contribution is 0.0830. The van der Waals surface area contributed by atoms with E-state index in [0.29, 0.717) is 23.1 Å². The van der Waals surface area contributed by atoms with Crippen molar-refractivity contribution in [2.24, 2.45) is 5.92 Å². The molecule has 2 aliphatic rings. The molecule has 3 unspecified atom stereocenters. The van der Waals surface area contributed by atoms with E-state index < -0.39 is 11.6 Å². The predicted octanol–water partition coefficient (Wildman–Crippen LogP) is 4.66. The van der Waals surface area contributed by atoms with E-state index >= 15 is 0 Å². The second-order valence-corrected chi connectivity index (χ2v) is 8.24. The van der Waals surface area contributed by atoms with Crippen LogP contribution < -0.4 is 5.32 Å². The molecule has 2 aromatic carbocycles. The Balaban J connectivity index is 1.38. The van der Waals surface area contributed by atoms with Crippen molar-refractivity contribution in [2.45, 2.75) is 37.3 Å². The minimum atomic E-state index is -0.617. The van der Waals surface area contributed by atoms with Gasteiger partial charge in [-0.3, -0.25) is 4.79 Å². The Hall–Kier alpha value is -2.99. The van der Waals surface area contributed by atoms with Crippen LogP contribution in [0.5, 0.6) is 0 Å². The van der Waals surface area contributed by atoms with Crippen molar-refractivity contribution < 1.29 is 13.6 Å². The third kappa shape index (κ3) is 3.31. The second kappa shape index (κ2) is 7.36. The molecule has 3 aromatic rings. The number of halogens is 2. The van der Waals surface area contributed by atoms with Crippen LogP contribution in [-0.4, -0.2) is 21.8 Å². The first-order valence-corrected chi connectivity index (χ1v) is 10.2. The maximum atomic E-state index is 14.1. The summed E-state index contributed by atoms with van der Waals surface area (Å²) in [6, 6.07) is 12.5. The number of piperidine rings is 1. The van der Waals surface area contributed by atoms with Gasteiger partial charge in [-0.25, -0.2) is 18.7 Å². The number of hydrogen-bond acceptors (Lipinski definition) is 4. The van der Waals surface area contributed by atoms with Crippen LogP contribution in [0.2, 0.25) is 0 Å². The number of fused-ring (bicyclic) bond motifs is 2. The van der Waals surface area contributed by atoms with Crippen molar-refractivity contribution in [1.29, 1.82) is 0 Å². The third-order valence-electron chi connectivity index (χ3n) is 6.34. The van der Waals surface area contributed by atoms with E-state index in [2.05, 4.69) is 15.3 Å². The zero-order valence-electron chi connectivity index (χ0n) is 16.3. The molecule has 5 rings (SSSR count). The first-order chi connectivity index (χ1) is 14.5. The first kappa shape index (κ1) is 19.0. The molecule has 6 heteroatoms. The Kier molecular flexibility index (Phi) is 4.66. The maximum absolute atomic E-state index is 14.1. The number of carbonyl (C=O) groups excluding carboxylic acids is 1. The highest BCUT2D eigenvalue weighted by molar-refractivity contribution is 5.98. The Morgan fingerprint density at radius 2 is 1.83 bits per heavy atom. The molecule has 30 heavy (non-hydrogen) atoms. The van der Waals surface area contributed by atoms with Crippen LogP contribution in [0.25, 0.3) is 11.1 Å². The van der Waals surface area contributed by atoms with E-state index in [-0.39, 0.29) is 23.3 Å². The van der Waals surface area contributed by atoms with Crippen molar-refractivity contribution in [2.75, 3.05) is 0 Å². The molecular formula is C24H21F2N3O. The summed E-state index contributed by atoms with van der Waals surface area (Å²) in [4.78, 5) is 22.2. The molecule has 3 heterocycles. The van der Waals surface area contributed by atoms with Crippen LogP contribution in [0.15, 0.2) is 60.9 Å². The van der Waals surface area contributed by atoms with Gasteiger partial charge in [-0.2, -0.15) is 0 Å². The molecule has 0 saturated carbocycles. The molecule has 0 spiro atoms. The van der Waals surface area contributed by atoms with Crippen molar-refractivity contribution in [3.63, 3.8) is 0 Å². The van der Waals surface area contributed by atoms with E-state index in [1.54, 1.807) is 42.7 Å². The molecule has 4 nitrogen and oxygen atoms in total. The summed E-state index contributed by atoms with van der Waals surface area (Å²) in [6.07, 6.45) is 6.87. The normalized spacial score (nSPS) is 25.3. The Labute approximate surface area is 173 Å². The van der Waals surface area contributed by atoms with Crippen LogP contribution in [0.3, 0.4) is 0 Å². The number of rotatable bonds is 4. The Bertz CT molecular complexity index is 1090. The van der Waals surface area contributed by atoms with E-state index in [1.165, 1.54) is 12.1 Å². The molecule has 2 fully saturated rings. The molecular weight excluding hydrogens is 384 g/mol. The van der Waals surface area contributed by atoms with E-state index in [4.69, 9.17) is 0 Å². The van der Waals surface area contributed by atoms with Crippen molar-refractivity contribution in [3.05, 3.63) is 83.9 Å². The van der Waals surface area contributed by atoms with E-state index in [1.807, 2.05) is 0 Å². The molecule has 3 atom stereocenters. The maximum Gasteiger partial charge on any atom is 0.166 e. The molecule has 2 bridgehead atoms. The lowest BCUT2D eigenvalue weighted by Crippen LogP contribution is -2.49. The summed E-state index contributed by atoms with van der Waals surface area (Å²) in [5.74, 6) is -0.494. The van der Waals surface area contributed by atoms with Gasteiger partial charge in [0, 0.05) is 41.5 Å². The van der Waals surface area contributed by atoms with Gasteiger partial charge >= 0.3 is 0 Å². The minimum absolute atomic E-state index is 0.0924. The van der Waals surface area contributed by atoms with Crippen molar-refractivity contribution in [3.8, 4) is 11.1 Å². The van der Waals surface area contributed by atoms with Gasteiger partial charge in [0.1, 0.15) is 17.5 Å². The molecule has 1 aromatic heterocycles. The average Bonchev–Trinajstić information content (AvgIpc) is 3.09. The molecule has 1 N–H and O–H groups in total. The lowest BCUT2D eigenvalue weighted by Gasteiger charge is -2.37. The quantitative estimate of drug-likeness (QED) is 0.642. The zero-order valence-corrected chi connectivity index (χ0v) is 16.3. The van der Waals surface area contributed by atoms with Gasteiger partial charge in [0.05, 0.1) is 5.54 Å². The fraction of sp³-hybridized carbons (Fsp3) is 0.292. The molecule has 152 valence electrons. The van der Waals surface area contributed by atoms with Crippen LogP contribution in [0, 0.1) is 17.6 Å². The molecule has 2 saturated heterocycles. The van der Waals surface area contributed by atoms with Gasteiger partial charge in [-0.15, -0.1) is 0 Å². The van der Waals surface area contributed by atoms with Crippen molar-refractivity contribution >= 4 is 5.78 Å². The minimum Gasteiger partial charge on any atom is -0.302 e. The Morgan fingerprint density at radius 1 is 1.07 bits per heavy atom. The van der Waals surface area contributed by atoms with E-state index in [0.717, 1.165) is 31.2 Å². The second-order valence-electron chi connectivity index (χ2n) is 8.24. The smallest absolute Gasteiger partial charge is 0.166 e. The number of Topliss-reactive ketones (excluding diaryl/α,β-unsaturated/α-hetero) is 1. The van der Waals surface area contributed by atoms with Gasteiger partial charge in [-0.1, -0.05) is 24.3 Å². The summed E-state index contributed by atoms with van der Waals surface area (Å²) in [5, 5.41) is 3.65. The van der Waals surface area contributed by atoms with Crippen LogP contribution in [0.4, 0.5) is 8.78 Å². The summed E-state index contributed by atoms with van der Waals surface area (Å²) in [6.45, 7) is 0. The summed E-state index contributed by atoms with van der Waals surface area (Å²) >= 11 is 0. The highest BCUT2D eigenvalue weighted by Gasteiger charge is 2.49. The van der Waals surface area contributed by atoms with Gasteiger partial charge in [0.15, 0.2) is 5.78 Å². The van der Waals surface area contributed by atoms with Crippen molar-refractivity contribution in [1.82, 2.24) is 15.3 Å². The number of benzene rings is 2. The highest BCUT2D eigenvalue weighted by atomic mass is 19.1. The number of aromatic nitrogens is 2. The number of carbonyl (C=O) groups is 1. The largest absolute Gasteiger partial charge is 0.302 e. The van der Waals surface area contributed by atoms with Crippen LogP contribution in [0.1, 0.15) is 41.9 Å². The first-order valence-electron chi connectivity index (χ1n) is 10.2. The summed E-state index contributed by atoms with van der Waals surface area (Å²) < 4.78 is 27.2. The SMILES string of the molecule is O=C(c1ccc(-c2ccc(F)cc2F)cc1)C1CC2CCC(c3ncccn3)(C1)N2. The topological polar surface area (TPSA) is 54.9 Å². The zero-order chi connectivity index (χ0) is 20.7. The van der Waals surface area contributed by atoms with E-state index in [9.17, 15) is 13.6 Å². The van der Waals surface area contributed by atoms with Gasteiger partial charge < -0.3 is 5.32 Å².